The van der Waals surface area contributed by atoms with Crippen LogP contribution in [0.15, 0.2) is 23.3 Å². The van der Waals surface area contributed by atoms with E-state index in [2.05, 4.69) is 0 Å². The quantitative estimate of drug-likeness (QED) is 0.610. The van der Waals surface area contributed by atoms with Crippen LogP contribution in [-0.4, -0.2) is 41.6 Å². The van der Waals surface area contributed by atoms with Gasteiger partial charge in [-0.05, 0) is 25.8 Å². The molecule has 0 saturated heterocycles. The normalized spacial score (nSPS) is 25.2. The van der Waals surface area contributed by atoms with Gasteiger partial charge < -0.3 is 14.6 Å². The van der Waals surface area contributed by atoms with Gasteiger partial charge in [0.25, 0.3) is 0 Å². The molecule has 0 bridgehead atoms. The minimum Gasteiger partial charge on any atom is -0.458 e. The monoisotopic (exact) mass is 324 g/mol. The molecule has 0 spiro atoms. The molecule has 0 fully saturated rings. The van der Waals surface area contributed by atoms with Gasteiger partial charge in [-0.3, -0.25) is 9.59 Å². The van der Waals surface area contributed by atoms with E-state index >= 15 is 0 Å². The van der Waals surface area contributed by atoms with E-state index in [1.807, 2.05) is 13.8 Å². The molecule has 1 aliphatic carbocycles. The molecule has 6 heteroatoms. The van der Waals surface area contributed by atoms with Crippen LogP contribution in [0.5, 0.6) is 0 Å². The zero-order chi connectivity index (χ0) is 17.7. The Morgan fingerprint density at radius 3 is 2.35 bits per heavy atom. The third-order valence-corrected chi connectivity index (χ3v) is 3.90. The van der Waals surface area contributed by atoms with Gasteiger partial charge in [-0.25, -0.2) is 4.79 Å². The lowest BCUT2D eigenvalue weighted by Gasteiger charge is -2.37. The molecule has 0 heterocycles. The van der Waals surface area contributed by atoms with E-state index in [0.29, 0.717) is 5.57 Å². The number of carbonyl (C=O) groups excluding carboxylic acids is 3. The topological polar surface area (TPSA) is 89.9 Å². The van der Waals surface area contributed by atoms with Crippen LogP contribution in [0.4, 0.5) is 0 Å². The van der Waals surface area contributed by atoms with Gasteiger partial charge in [0.1, 0.15) is 6.10 Å². The summed E-state index contributed by atoms with van der Waals surface area (Å²) in [6.07, 6.45) is 1.22. The van der Waals surface area contributed by atoms with Crippen molar-refractivity contribution < 1.29 is 29.0 Å². The van der Waals surface area contributed by atoms with Crippen molar-refractivity contribution in [2.75, 3.05) is 6.61 Å². The van der Waals surface area contributed by atoms with Crippen molar-refractivity contribution in [3.63, 3.8) is 0 Å². The van der Waals surface area contributed by atoms with Gasteiger partial charge in [0.2, 0.25) is 5.78 Å². The molecule has 128 valence electrons. The van der Waals surface area contributed by atoms with Crippen molar-refractivity contribution in [2.45, 2.75) is 46.8 Å². The van der Waals surface area contributed by atoms with Gasteiger partial charge >= 0.3 is 11.9 Å². The minimum atomic E-state index is -1.09. The number of hydrogen-bond acceptors (Lipinski definition) is 6. The van der Waals surface area contributed by atoms with Crippen LogP contribution in [0.2, 0.25) is 0 Å². The Kier molecular flexibility index (Phi) is 6.69. The van der Waals surface area contributed by atoms with E-state index in [9.17, 15) is 19.5 Å². The van der Waals surface area contributed by atoms with Gasteiger partial charge in [0, 0.05) is 24.0 Å². The summed E-state index contributed by atoms with van der Waals surface area (Å²) in [5, 5.41) is 9.36. The van der Waals surface area contributed by atoms with Crippen LogP contribution in [0, 0.1) is 11.8 Å². The summed E-state index contributed by atoms with van der Waals surface area (Å²) < 4.78 is 10.6. The largest absolute Gasteiger partial charge is 0.458 e. The van der Waals surface area contributed by atoms with Gasteiger partial charge in [0.05, 0.1) is 6.61 Å². The predicted octanol–water partition coefficient (Wildman–Crippen LogP) is 1.57. The highest BCUT2D eigenvalue weighted by molar-refractivity contribution is 6.02. The Bertz CT molecular complexity index is 543. The first-order valence-corrected chi connectivity index (χ1v) is 7.59. The summed E-state index contributed by atoms with van der Waals surface area (Å²) >= 11 is 0. The smallest absolute Gasteiger partial charge is 0.334 e. The van der Waals surface area contributed by atoms with Crippen LogP contribution in [0.25, 0.3) is 0 Å². The summed E-state index contributed by atoms with van der Waals surface area (Å²) in [5.74, 6) is -2.14. The van der Waals surface area contributed by atoms with E-state index in [-0.39, 0.29) is 11.5 Å². The molecular formula is C17H24O6. The first-order valence-electron chi connectivity index (χ1n) is 7.59. The standard InChI is InChI=1S/C17H24O6/c1-6-10(4)17(21)23-16-14(9(2)3)13(22-11(5)19)7-12(8-18)15(16)20/h6-7,9,13-14,16,18H,8H2,1-5H3/b10-6+/t13-,14-,16+/m1/s1. The molecule has 0 saturated carbocycles. The van der Waals surface area contributed by atoms with E-state index in [1.54, 1.807) is 19.9 Å². The predicted molar refractivity (Wildman–Crippen MR) is 83.4 cm³/mol. The highest BCUT2D eigenvalue weighted by Crippen LogP contribution is 2.32. The molecule has 0 unspecified atom stereocenters. The second kappa shape index (κ2) is 8.06. The molecule has 0 aromatic carbocycles. The highest BCUT2D eigenvalue weighted by atomic mass is 16.6. The average Bonchev–Trinajstić information content (AvgIpc) is 2.48. The maximum atomic E-state index is 12.5. The maximum absolute atomic E-state index is 12.5. The molecule has 6 nitrogen and oxygen atoms in total. The summed E-state index contributed by atoms with van der Waals surface area (Å²) in [6, 6.07) is 0. The molecule has 0 amide bonds. The molecule has 3 atom stereocenters. The molecular weight excluding hydrogens is 300 g/mol. The SMILES string of the molecule is C/C=C(\C)C(=O)O[C@@H]1C(=O)C(CO)=C[C@@H](OC(C)=O)[C@H]1C(C)C. The molecule has 1 aliphatic rings. The molecule has 1 rings (SSSR count). The Morgan fingerprint density at radius 2 is 1.91 bits per heavy atom. The van der Waals surface area contributed by atoms with Crippen LogP contribution < -0.4 is 0 Å². The lowest BCUT2D eigenvalue weighted by molar-refractivity contribution is -0.164. The minimum absolute atomic E-state index is 0.0801. The van der Waals surface area contributed by atoms with Crippen molar-refractivity contribution >= 4 is 17.7 Å². The fourth-order valence-corrected chi connectivity index (χ4v) is 2.54. The van der Waals surface area contributed by atoms with E-state index in [1.165, 1.54) is 13.0 Å². The number of aliphatic hydroxyl groups is 1. The number of hydrogen-bond donors (Lipinski definition) is 1. The third-order valence-electron chi connectivity index (χ3n) is 3.90. The Hall–Kier alpha value is -1.95. The van der Waals surface area contributed by atoms with Gasteiger partial charge in [0.15, 0.2) is 6.10 Å². The van der Waals surface area contributed by atoms with Crippen molar-refractivity contribution in [1.29, 1.82) is 0 Å². The lowest BCUT2D eigenvalue weighted by atomic mass is 9.77. The number of carbonyl (C=O) groups is 3. The summed E-state index contributed by atoms with van der Waals surface area (Å²) in [7, 11) is 0. The van der Waals surface area contributed by atoms with Crippen molar-refractivity contribution in [1.82, 2.24) is 0 Å². The lowest BCUT2D eigenvalue weighted by Crippen LogP contribution is -2.48. The number of esters is 2. The summed E-state index contributed by atoms with van der Waals surface area (Å²) in [6.45, 7) is 7.76. The number of ether oxygens (including phenoxy) is 2. The van der Waals surface area contributed by atoms with Gasteiger partial charge in [-0.15, -0.1) is 0 Å². The fraction of sp³-hybridized carbons (Fsp3) is 0.588. The number of rotatable bonds is 5. The second-order valence-electron chi connectivity index (χ2n) is 5.91. The van der Waals surface area contributed by atoms with Gasteiger partial charge in [-0.2, -0.15) is 0 Å². The summed E-state index contributed by atoms with van der Waals surface area (Å²) in [4.78, 5) is 35.9. The van der Waals surface area contributed by atoms with Crippen molar-refractivity contribution in [2.24, 2.45) is 11.8 Å². The van der Waals surface area contributed by atoms with E-state index in [4.69, 9.17) is 9.47 Å². The zero-order valence-electron chi connectivity index (χ0n) is 14.2. The third kappa shape index (κ3) is 4.51. The molecule has 23 heavy (non-hydrogen) atoms. The summed E-state index contributed by atoms with van der Waals surface area (Å²) in [5.41, 5.74) is 0.466. The van der Waals surface area contributed by atoms with Crippen LogP contribution >= 0.6 is 0 Å². The molecule has 1 N–H and O–H groups in total. The molecule has 0 aromatic heterocycles. The molecule has 0 aromatic rings. The van der Waals surface area contributed by atoms with E-state index < -0.39 is 42.5 Å². The number of Topliss-reactive ketones (excluding diaryl/α,β-unsaturated/α-hetero) is 1. The Morgan fingerprint density at radius 1 is 1.30 bits per heavy atom. The fourth-order valence-electron chi connectivity index (χ4n) is 2.54. The first-order chi connectivity index (χ1) is 10.7. The average molecular weight is 324 g/mol. The van der Waals surface area contributed by atoms with Crippen LogP contribution in [-0.2, 0) is 23.9 Å². The number of allylic oxidation sites excluding steroid dienone is 1. The van der Waals surface area contributed by atoms with Crippen molar-refractivity contribution in [3.8, 4) is 0 Å². The van der Waals surface area contributed by atoms with Crippen LogP contribution in [0.1, 0.15) is 34.6 Å². The maximum Gasteiger partial charge on any atom is 0.334 e. The number of aliphatic hydroxyl groups excluding tert-OH is 1. The first kappa shape index (κ1) is 19.1. The molecule has 0 aliphatic heterocycles. The second-order valence-corrected chi connectivity index (χ2v) is 5.91. The zero-order valence-corrected chi connectivity index (χ0v) is 14.2. The Balaban J connectivity index is 3.22. The van der Waals surface area contributed by atoms with Gasteiger partial charge in [-0.1, -0.05) is 19.9 Å². The van der Waals surface area contributed by atoms with Crippen LogP contribution in [0.3, 0.4) is 0 Å². The van der Waals surface area contributed by atoms with E-state index in [0.717, 1.165) is 0 Å². The highest BCUT2D eigenvalue weighted by Gasteiger charge is 2.44. The number of ketones is 1. The van der Waals surface area contributed by atoms with Crippen molar-refractivity contribution in [3.05, 3.63) is 23.3 Å². The Labute approximate surface area is 136 Å². The molecule has 0 radical (unpaired) electrons.